The summed E-state index contributed by atoms with van der Waals surface area (Å²) >= 11 is 0. The van der Waals surface area contributed by atoms with Crippen molar-refractivity contribution < 1.29 is 29.0 Å². The van der Waals surface area contributed by atoms with E-state index in [1.807, 2.05) is 0 Å². The summed E-state index contributed by atoms with van der Waals surface area (Å²) < 4.78 is 4.63. The van der Waals surface area contributed by atoms with Gasteiger partial charge in [0.25, 0.3) is 0 Å². The van der Waals surface area contributed by atoms with Gasteiger partial charge in [-0.1, -0.05) is 64.2 Å². The second kappa shape index (κ2) is 21.7. The Labute approximate surface area is 199 Å². The Morgan fingerprint density at radius 3 is 1.67 bits per heavy atom. The number of carbonyl (C=O) groups is 4. The first kappa shape index (κ1) is 30.9. The zero-order valence-electron chi connectivity index (χ0n) is 20.8. The molecule has 1 atom stereocenters. The average Bonchev–Trinajstić information content (AvgIpc) is 2.77. The van der Waals surface area contributed by atoms with Gasteiger partial charge in [0.05, 0.1) is 7.11 Å². The van der Waals surface area contributed by atoms with Crippen LogP contribution in [0.1, 0.15) is 116 Å². The van der Waals surface area contributed by atoms with Crippen LogP contribution in [0.25, 0.3) is 0 Å². The number of ether oxygens (including phenoxy) is 1. The molecule has 0 aromatic rings. The fraction of sp³-hybridized carbons (Fsp3) is 0.840. The highest BCUT2D eigenvalue weighted by Gasteiger charge is 2.17. The summed E-state index contributed by atoms with van der Waals surface area (Å²) in [5.41, 5.74) is 0. The van der Waals surface area contributed by atoms with Crippen LogP contribution in [-0.4, -0.2) is 48.6 Å². The summed E-state index contributed by atoms with van der Waals surface area (Å²) in [4.78, 5) is 44.9. The minimum atomic E-state index is -1.03. The number of carbonyl (C=O) groups excluding carboxylic acids is 3. The number of hydrogen-bond donors (Lipinski definition) is 3. The van der Waals surface area contributed by atoms with Gasteiger partial charge in [0, 0.05) is 26.3 Å². The van der Waals surface area contributed by atoms with Crippen molar-refractivity contribution in [2.75, 3.05) is 13.7 Å². The van der Waals surface area contributed by atoms with Crippen molar-refractivity contribution in [1.29, 1.82) is 0 Å². The van der Waals surface area contributed by atoms with Crippen LogP contribution >= 0.6 is 0 Å². The van der Waals surface area contributed by atoms with Crippen LogP contribution < -0.4 is 10.6 Å². The summed E-state index contributed by atoms with van der Waals surface area (Å²) in [5.74, 6) is -1.44. The summed E-state index contributed by atoms with van der Waals surface area (Å²) in [6.07, 6.45) is 16.7. The number of carboxylic acid groups (broad SMARTS) is 1. The lowest BCUT2D eigenvalue weighted by atomic mass is 10.0. The van der Waals surface area contributed by atoms with E-state index >= 15 is 0 Å². The molecule has 0 radical (unpaired) electrons. The molecule has 0 saturated heterocycles. The van der Waals surface area contributed by atoms with Crippen LogP contribution in [0.5, 0.6) is 0 Å². The molecule has 0 aliphatic carbocycles. The summed E-state index contributed by atoms with van der Waals surface area (Å²) in [6.45, 7) is 1.84. The van der Waals surface area contributed by atoms with Crippen LogP contribution in [0.4, 0.5) is 0 Å². The number of nitrogens with one attached hydrogen (secondary N) is 2. The number of aliphatic carboxylic acids is 1. The van der Waals surface area contributed by atoms with Crippen molar-refractivity contribution in [2.24, 2.45) is 0 Å². The van der Waals surface area contributed by atoms with E-state index < -0.39 is 12.0 Å². The van der Waals surface area contributed by atoms with E-state index in [4.69, 9.17) is 5.11 Å². The highest BCUT2D eigenvalue weighted by molar-refractivity contribution is 5.82. The molecule has 0 spiro atoms. The molecule has 33 heavy (non-hydrogen) atoms. The van der Waals surface area contributed by atoms with Crippen molar-refractivity contribution >= 4 is 23.8 Å². The number of carboxylic acids is 1. The molecule has 0 bridgehead atoms. The van der Waals surface area contributed by atoms with Crippen molar-refractivity contribution in [2.45, 2.75) is 122 Å². The second-order valence-electron chi connectivity index (χ2n) is 8.76. The molecule has 0 aliphatic rings. The van der Waals surface area contributed by atoms with Crippen LogP contribution in [0.15, 0.2) is 0 Å². The highest BCUT2D eigenvalue weighted by Crippen LogP contribution is 2.13. The smallest absolute Gasteiger partial charge is 0.326 e. The third-order valence-electron chi connectivity index (χ3n) is 5.68. The molecule has 3 N–H and O–H groups in total. The molecule has 0 unspecified atom stereocenters. The molecule has 0 aromatic carbocycles. The van der Waals surface area contributed by atoms with Gasteiger partial charge in [-0.2, -0.15) is 0 Å². The predicted molar refractivity (Wildman–Crippen MR) is 129 cm³/mol. The van der Waals surface area contributed by atoms with E-state index in [1.54, 1.807) is 0 Å². The molecular formula is C25H46N2O6. The summed E-state index contributed by atoms with van der Waals surface area (Å²) in [6, 6.07) is -0.859. The monoisotopic (exact) mass is 470 g/mol. The van der Waals surface area contributed by atoms with Crippen LogP contribution in [0, 0.1) is 0 Å². The maximum absolute atomic E-state index is 11.9. The Kier molecular flexibility index (Phi) is 20.3. The third-order valence-corrected chi connectivity index (χ3v) is 5.68. The fourth-order valence-electron chi connectivity index (χ4n) is 3.72. The van der Waals surface area contributed by atoms with E-state index in [0.717, 1.165) is 25.7 Å². The van der Waals surface area contributed by atoms with E-state index in [0.29, 0.717) is 38.6 Å². The van der Waals surface area contributed by atoms with Crippen LogP contribution in [-0.2, 0) is 23.9 Å². The van der Waals surface area contributed by atoms with Crippen LogP contribution in [0.2, 0.25) is 0 Å². The molecule has 2 amide bonds. The first-order valence-corrected chi connectivity index (χ1v) is 12.7. The zero-order chi connectivity index (χ0) is 24.7. The SMILES string of the molecule is COC(=O)CCCCCCCCCCCCCCC(=O)NCCCC[C@H](NC(C)=O)C(=O)O. The minimum Gasteiger partial charge on any atom is -0.480 e. The maximum Gasteiger partial charge on any atom is 0.326 e. The molecule has 8 nitrogen and oxygen atoms in total. The highest BCUT2D eigenvalue weighted by atomic mass is 16.5. The standard InChI is InChI=1S/C25H46N2O6/c1-21(28)27-22(25(31)32)17-15-16-20-26-23(29)18-13-11-9-7-5-3-4-6-8-10-12-14-19-24(30)33-2/h22H,3-20H2,1-2H3,(H,26,29)(H,27,28)(H,31,32)/t22-/m0/s1. The Morgan fingerprint density at radius 2 is 1.21 bits per heavy atom. The summed E-state index contributed by atoms with van der Waals surface area (Å²) in [5, 5.41) is 14.3. The van der Waals surface area contributed by atoms with E-state index in [1.165, 1.54) is 65.4 Å². The first-order chi connectivity index (χ1) is 15.9. The molecule has 192 valence electrons. The molecule has 0 saturated carbocycles. The van der Waals surface area contributed by atoms with Gasteiger partial charge in [-0.3, -0.25) is 14.4 Å². The maximum atomic E-state index is 11.9. The number of amides is 2. The van der Waals surface area contributed by atoms with Gasteiger partial charge in [-0.05, 0) is 32.1 Å². The second-order valence-corrected chi connectivity index (χ2v) is 8.76. The normalized spacial score (nSPS) is 11.6. The molecule has 0 aromatic heterocycles. The lowest BCUT2D eigenvalue weighted by Crippen LogP contribution is -2.39. The molecule has 0 rings (SSSR count). The number of methoxy groups -OCH3 is 1. The van der Waals surface area contributed by atoms with Crippen molar-refractivity contribution in [3.8, 4) is 0 Å². The lowest BCUT2D eigenvalue weighted by Gasteiger charge is -2.13. The molecular weight excluding hydrogens is 424 g/mol. The molecule has 0 aliphatic heterocycles. The predicted octanol–water partition coefficient (Wildman–Crippen LogP) is 4.50. The van der Waals surface area contributed by atoms with Gasteiger partial charge in [0.2, 0.25) is 11.8 Å². The number of esters is 1. The van der Waals surface area contributed by atoms with Gasteiger partial charge in [0.1, 0.15) is 6.04 Å². The minimum absolute atomic E-state index is 0.0539. The Balaban J connectivity index is 3.38. The zero-order valence-corrected chi connectivity index (χ0v) is 20.8. The lowest BCUT2D eigenvalue weighted by molar-refractivity contribution is -0.142. The number of rotatable bonds is 22. The molecule has 8 heteroatoms. The first-order valence-electron chi connectivity index (χ1n) is 12.7. The Bertz CT molecular complexity index is 553. The van der Waals surface area contributed by atoms with Crippen molar-refractivity contribution in [3.05, 3.63) is 0 Å². The number of hydrogen-bond acceptors (Lipinski definition) is 5. The van der Waals surface area contributed by atoms with Gasteiger partial charge in [-0.25, -0.2) is 4.79 Å². The van der Waals surface area contributed by atoms with Crippen molar-refractivity contribution in [3.63, 3.8) is 0 Å². The Morgan fingerprint density at radius 1 is 0.727 bits per heavy atom. The molecule has 0 heterocycles. The van der Waals surface area contributed by atoms with Gasteiger partial charge in [0.15, 0.2) is 0 Å². The van der Waals surface area contributed by atoms with Crippen LogP contribution in [0.3, 0.4) is 0 Å². The largest absolute Gasteiger partial charge is 0.480 e. The van der Waals surface area contributed by atoms with E-state index in [9.17, 15) is 19.2 Å². The quantitative estimate of drug-likeness (QED) is 0.158. The fourth-order valence-corrected chi connectivity index (χ4v) is 3.72. The molecule has 0 fully saturated rings. The third kappa shape index (κ3) is 21.5. The van der Waals surface area contributed by atoms with Gasteiger partial charge < -0.3 is 20.5 Å². The van der Waals surface area contributed by atoms with Gasteiger partial charge in [-0.15, -0.1) is 0 Å². The summed E-state index contributed by atoms with van der Waals surface area (Å²) in [7, 11) is 1.43. The average molecular weight is 471 g/mol. The van der Waals surface area contributed by atoms with Crippen molar-refractivity contribution in [1.82, 2.24) is 10.6 Å². The van der Waals surface area contributed by atoms with Gasteiger partial charge >= 0.3 is 11.9 Å². The number of unbranched alkanes of at least 4 members (excludes halogenated alkanes) is 12. The van der Waals surface area contributed by atoms with E-state index in [2.05, 4.69) is 15.4 Å². The Hall–Kier alpha value is -2.12. The van der Waals surface area contributed by atoms with E-state index in [-0.39, 0.29) is 17.8 Å². The topological polar surface area (TPSA) is 122 Å².